The number of aryl methyl sites for hydroxylation is 1. The number of H-pyrrole nitrogens is 1. The maximum atomic E-state index is 12.0. The molecule has 2 heterocycles. The first-order valence-electron chi connectivity index (χ1n) is 7.47. The Balaban J connectivity index is 2.14. The maximum absolute atomic E-state index is 12.0. The van der Waals surface area contributed by atoms with Gasteiger partial charge in [0.2, 0.25) is 5.91 Å². The van der Waals surface area contributed by atoms with Crippen molar-refractivity contribution in [1.29, 1.82) is 0 Å². The molecule has 0 saturated heterocycles. The van der Waals surface area contributed by atoms with Crippen LogP contribution >= 0.6 is 0 Å². The minimum absolute atomic E-state index is 0.132. The SMILES string of the molecule is C=CC(=O)N(C)c1cc(-c2n[nH]c3cnccc23)ccc1CC. The second-order valence-corrected chi connectivity index (χ2v) is 5.29. The summed E-state index contributed by atoms with van der Waals surface area (Å²) in [6.07, 6.45) is 5.66. The average Bonchev–Trinajstić information content (AvgIpc) is 3.04. The van der Waals surface area contributed by atoms with Gasteiger partial charge >= 0.3 is 0 Å². The van der Waals surface area contributed by atoms with Crippen LogP contribution in [0.3, 0.4) is 0 Å². The van der Waals surface area contributed by atoms with E-state index in [0.29, 0.717) is 0 Å². The third-order valence-corrected chi connectivity index (χ3v) is 3.97. The van der Waals surface area contributed by atoms with Crippen LogP contribution < -0.4 is 4.90 Å². The standard InChI is InChI=1S/C18H18N4O/c1-4-12-6-7-13(10-16(12)22(3)17(23)5-2)18-14-8-9-19-11-15(14)20-21-18/h5-11H,2,4H2,1,3H3,(H,20,21). The lowest BCUT2D eigenvalue weighted by molar-refractivity contribution is -0.113. The Labute approximate surface area is 134 Å². The van der Waals surface area contributed by atoms with Gasteiger partial charge in [0.25, 0.3) is 0 Å². The molecule has 1 amide bonds. The van der Waals surface area contributed by atoms with Gasteiger partial charge in [0.15, 0.2) is 0 Å². The molecule has 0 saturated carbocycles. The summed E-state index contributed by atoms with van der Waals surface area (Å²) in [5, 5.41) is 8.39. The molecule has 1 N–H and O–H groups in total. The van der Waals surface area contributed by atoms with Crippen molar-refractivity contribution in [2.75, 3.05) is 11.9 Å². The second kappa shape index (κ2) is 6.04. The summed E-state index contributed by atoms with van der Waals surface area (Å²) in [4.78, 5) is 17.7. The van der Waals surface area contributed by atoms with Crippen LogP contribution in [0.15, 0.2) is 49.3 Å². The minimum Gasteiger partial charge on any atom is -0.312 e. The zero-order valence-corrected chi connectivity index (χ0v) is 13.2. The van der Waals surface area contributed by atoms with Gasteiger partial charge in [-0.1, -0.05) is 25.6 Å². The van der Waals surface area contributed by atoms with Crippen molar-refractivity contribution in [3.8, 4) is 11.3 Å². The molecule has 3 aromatic rings. The fourth-order valence-corrected chi connectivity index (χ4v) is 2.66. The summed E-state index contributed by atoms with van der Waals surface area (Å²) in [5.74, 6) is -0.132. The van der Waals surface area contributed by atoms with E-state index in [-0.39, 0.29) is 5.91 Å². The number of carbonyl (C=O) groups excluding carboxylic acids is 1. The lowest BCUT2D eigenvalue weighted by Gasteiger charge is -2.19. The van der Waals surface area contributed by atoms with Crippen molar-refractivity contribution in [2.24, 2.45) is 0 Å². The number of carbonyl (C=O) groups is 1. The normalized spacial score (nSPS) is 10.7. The molecule has 0 unspecified atom stereocenters. The summed E-state index contributed by atoms with van der Waals surface area (Å²) in [5.41, 5.74) is 4.68. The fraction of sp³-hybridized carbons (Fsp3) is 0.167. The number of aromatic nitrogens is 3. The Morgan fingerprint density at radius 2 is 2.22 bits per heavy atom. The Hall–Kier alpha value is -2.95. The van der Waals surface area contributed by atoms with Gasteiger partial charge in [-0.3, -0.25) is 14.9 Å². The smallest absolute Gasteiger partial charge is 0.250 e. The van der Waals surface area contributed by atoms with Gasteiger partial charge in [-0.15, -0.1) is 0 Å². The van der Waals surface area contributed by atoms with Crippen LogP contribution in [0.4, 0.5) is 5.69 Å². The largest absolute Gasteiger partial charge is 0.312 e. The second-order valence-electron chi connectivity index (χ2n) is 5.29. The van der Waals surface area contributed by atoms with E-state index in [2.05, 4.69) is 28.7 Å². The van der Waals surface area contributed by atoms with E-state index in [0.717, 1.165) is 39.8 Å². The number of nitrogens with zero attached hydrogens (tertiary/aromatic N) is 3. The van der Waals surface area contributed by atoms with Gasteiger partial charge < -0.3 is 4.90 Å². The third-order valence-electron chi connectivity index (χ3n) is 3.97. The number of amides is 1. The van der Waals surface area contributed by atoms with Crippen LogP contribution in [-0.2, 0) is 11.2 Å². The molecule has 0 fully saturated rings. The lowest BCUT2D eigenvalue weighted by Crippen LogP contribution is -2.24. The highest BCUT2D eigenvalue weighted by molar-refractivity contribution is 6.02. The van der Waals surface area contributed by atoms with Crippen molar-refractivity contribution in [3.05, 3.63) is 54.9 Å². The van der Waals surface area contributed by atoms with Crippen molar-refractivity contribution < 1.29 is 4.79 Å². The molecule has 0 bridgehead atoms. The molecule has 1 aromatic carbocycles. The summed E-state index contributed by atoms with van der Waals surface area (Å²) >= 11 is 0. The molecular weight excluding hydrogens is 288 g/mol. The van der Waals surface area contributed by atoms with Crippen molar-refractivity contribution in [1.82, 2.24) is 15.2 Å². The molecule has 0 aliphatic carbocycles. The third kappa shape index (κ3) is 2.61. The van der Waals surface area contributed by atoms with Crippen LogP contribution in [0.25, 0.3) is 22.2 Å². The van der Waals surface area contributed by atoms with Crippen LogP contribution in [0.1, 0.15) is 12.5 Å². The molecule has 5 heteroatoms. The first-order valence-corrected chi connectivity index (χ1v) is 7.47. The molecule has 5 nitrogen and oxygen atoms in total. The Kier molecular flexibility index (Phi) is 3.93. The van der Waals surface area contributed by atoms with Gasteiger partial charge in [-0.25, -0.2) is 0 Å². The topological polar surface area (TPSA) is 61.9 Å². The summed E-state index contributed by atoms with van der Waals surface area (Å²) in [6.45, 7) is 5.63. The number of hydrogen-bond donors (Lipinski definition) is 1. The molecular formula is C18H18N4O. The molecule has 3 rings (SSSR count). The molecule has 2 aromatic heterocycles. The Morgan fingerprint density at radius 1 is 1.39 bits per heavy atom. The van der Waals surface area contributed by atoms with E-state index < -0.39 is 0 Å². The summed E-state index contributed by atoms with van der Waals surface area (Å²) in [7, 11) is 1.76. The number of benzene rings is 1. The number of aromatic amines is 1. The zero-order chi connectivity index (χ0) is 16.4. The minimum atomic E-state index is -0.132. The monoisotopic (exact) mass is 306 g/mol. The van der Waals surface area contributed by atoms with E-state index in [1.807, 2.05) is 24.3 Å². The Bertz CT molecular complexity index is 882. The van der Waals surface area contributed by atoms with E-state index in [1.54, 1.807) is 24.3 Å². The lowest BCUT2D eigenvalue weighted by atomic mass is 10.0. The zero-order valence-electron chi connectivity index (χ0n) is 13.2. The first-order chi connectivity index (χ1) is 11.2. The molecule has 0 aliphatic rings. The van der Waals surface area contributed by atoms with E-state index >= 15 is 0 Å². The summed E-state index contributed by atoms with van der Waals surface area (Å²) < 4.78 is 0. The average molecular weight is 306 g/mol. The Morgan fingerprint density at radius 3 is 2.96 bits per heavy atom. The molecule has 0 radical (unpaired) electrons. The fourth-order valence-electron chi connectivity index (χ4n) is 2.66. The van der Waals surface area contributed by atoms with Gasteiger partial charge in [0.05, 0.1) is 11.7 Å². The number of likely N-dealkylation sites (N-methyl/N-ethyl adjacent to an activating group) is 1. The maximum Gasteiger partial charge on any atom is 0.250 e. The van der Waals surface area contributed by atoms with E-state index in [1.165, 1.54) is 6.08 Å². The van der Waals surface area contributed by atoms with Crippen molar-refractivity contribution in [2.45, 2.75) is 13.3 Å². The number of rotatable bonds is 4. The number of hydrogen-bond acceptors (Lipinski definition) is 3. The number of nitrogens with one attached hydrogen (secondary N) is 1. The van der Waals surface area contributed by atoms with Crippen LogP contribution in [0.2, 0.25) is 0 Å². The highest BCUT2D eigenvalue weighted by Gasteiger charge is 2.15. The highest BCUT2D eigenvalue weighted by atomic mass is 16.2. The number of fused-ring (bicyclic) bond motifs is 1. The van der Waals surface area contributed by atoms with Crippen LogP contribution in [0, 0.1) is 0 Å². The number of pyridine rings is 1. The first kappa shape index (κ1) is 15.0. The molecule has 0 spiro atoms. The van der Waals surface area contributed by atoms with E-state index in [9.17, 15) is 4.79 Å². The molecule has 0 atom stereocenters. The summed E-state index contributed by atoms with van der Waals surface area (Å²) in [6, 6.07) is 8.00. The van der Waals surface area contributed by atoms with Gasteiger partial charge in [0, 0.05) is 29.9 Å². The van der Waals surface area contributed by atoms with Crippen LogP contribution in [0.5, 0.6) is 0 Å². The van der Waals surface area contributed by atoms with Crippen molar-refractivity contribution in [3.63, 3.8) is 0 Å². The van der Waals surface area contributed by atoms with Crippen LogP contribution in [-0.4, -0.2) is 28.1 Å². The van der Waals surface area contributed by atoms with E-state index in [4.69, 9.17) is 0 Å². The van der Waals surface area contributed by atoms with Crippen molar-refractivity contribution >= 4 is 22.5 Å². The predicted molar refractivity (Wildman–Crippen MR) is 92.3 cm³/mol. The molecule has 0 aliphatic heterocycles. The van der Waals surface area contributed by atoms with Gasteiger partial charge in [-0.2, -0.15) is 5.10 Å². The molecule has 116 valence electrons. The quantitative estimate of drug-likeness (QED) is 0.752. The van der Waals surface area contributed by atoms with Gasteiger partial charge in [0.1, 0.15) is 5.69 Å². The number of anilines is 1. The van der Waals surface area contributed by atoms with Gasteiger partial charge in [-0.05, 0) is 30.2 Å². The predicted octanol–water partition coefficient (Wildman–Crippen LogP) is 3.34. The highest BCUT2D eigenvalue weighted by Crippen LogP contribution is 2.31. The molecule has 23 heavy (non-hydrogen) atoms.